The van der Waals surface area contributed by atoms with Crippen LogP contribution in [0.2, 0.25) is 0 Å². The van der Waals surface area contributed by atoms with E-state index in [-0.39, 0.29) is 16.7 Å². The van der Waals surface area contributed by atoms with Crippen LogP contribution < -0.4 is 10.1 Å². The Morgan fingerprint density at radius 3 is 2.63 bits per heavy atom. The lowest BCUT2D eigenvalue weighted by Crippen LogP contribution is -2.47. The Morgan fingerprint density at radius 1 is 1.26 bits per heavy atom. The molecule has 1 aliphatic rings. The molecule has 0 spiro atoms. The Bertz CT molecular complexity index is 944. The highest BCUT2D eigenvalue weighted by Gasteiger charge is 2.40. The molecule has 2 aromatic rings. The van der Waals surface area contributed by atoms with Gasteiger partial charge in [0.15, 0.2) is 0 Å². The van der Waals surface area contributed by atoms with Gasteiger partial charge in [0.25, 0.3) is 0 Å². The number of hydrogen-bond acceptors (Lipinski definition) is 5. The monoisotopic (exact) mass is 408 g/mol. The maximum absolute atomic E-state index is 13.4. The Morgan fingerprint density at radius 2 is 1.96 bits per heavy atom. The van der Waals surface area contributed by atoms with E-state index in [1.54, 1.807) is 31.4 Å². The molecule has 1 heterocycles. The van der Waals surface area contributed by atoms with Crippen molar-refractivity contribution < 1.29 is 17.9 Å². The van der Waals surface area contributed by atoms with Gasteiger partial charge in [-0.15, -0.1) is 11.8 Å². The van der Waals surface area contributed by atoms with Crippen molar-refractivity contribution in [2.45, 2.75) is 24.8 Å². The fraction of sp³-hybridized carbons (Fsp3) is 0.421. The van der Waals surface area contributed by atoms with E-state index in [0.29, 0.717) is 29.4 Å². The minimum Gasteiger partial charge on any atom is -0.496 e. The largest absolute Gasteiger partial charge is 0.496 e. The fourth-order valence-corrected chi connectivity index (χ4v) is 6.41. The van der Waals surface area contributed by atoms with E-state index in [1.165, 1.54) is 16.1 Å². The van der Waals surface area contributed by atoms with Crippen molar-refractivity contribution in [2.24, 2.45) is 5.92 Å². The number of rotatable bonds is 6. The summed E-state index contributed by atoms with van der Waals surface area (Å²) in [5.41, 5.74) is 0. The second-order valence-electron chi connectivity index (χ2n) is 6.86. The molecule has 1 amide bonds. The van der Waals surface area contributed by atoms with Gasteiger partial charge >= 0.3 is 0 Å². The molecule has 0 aromatic heterocycles. The first-order valence-electron chi connectivity index (χ1n) is 8.79. The third-order valence-corrected chi connectivity index (χ3v) is 7.57. The predicted molar refractivity (Wildman–Crippen MR) is 108 cm³/mol. The molecule has 8 heteroatoms. The maximum Gasteiger partial charge on any atom is 0.245 e. The topological polar surface area (TPSA) is 75.7 Å². The van der Waals surface area contributed by atoms with E-state index < -0.39 is 16.1 Å². The van der Waals surface area contributed by atoms with E-state index in [9.17, 15) is 13.2 Å². The van der Waals surface area contributed by atoms with Crippen molar-refractivity contribution in [3.05, 3.63) is 36.4 Å². The van der Waals surface area contributed by atoms with Gasteiger partial charge in [0.1, 0.15) is 11.8 Å². The van der Waals surface area contributed by atoms with Crippen LogP contribution in [0.5, 0.6) is 5.75 Å². The van der Waals surface area contributed by atoms with Crippen LogP contribution in [0, 0.1) is 5.92 Å². The van der Waals surface area contributed by atoms with Crippen molar-refractivity contribution >= 4 is 38.5 Å². The van der Waals surface area contributed by atoms with Crippen LogP contribution in [0.25, 0.3) is 10.8 Å². The summed E-state index contributed by atoms with van der Waals surface area (Å²) in [7, 11) is -2.27. The quantitative estimate of drug-likeness (QED) is 0.795. The molecular formula is C19H24N2O4S2. The number of methoxy groups -OCH3 is 1. The van der Waals surface area contributed by atoms with Gasteiger partial charge in [-0.25, -0.2) is 8.42 Å². The molecule has 6 nitrogen and oxygen atoms in total. The standard InChI is InChI=1S/C19H24N2O4S2/c1-13(2)10-20-19(22)16-11-26-12-21(16)27(23,24)18-9-8-17(25-3)14-6-4-5-7-15(14)18/h4-9,13,16H,10-12H2,1-3H3,(H,20,22). The van der Waals surface area contributed by atoms with Crippen molar-refractivity contribution in [3.8, 4) is 5.75 Å². The Kier molecular flexibility index (Phi) is 5.98. The van der Waals surface area contributed by atoms with Gasteiger partial charge in [-0.05, 0) is 18.1 Å². The third-order valence-electron chi connectivity index (χ3n) is 4.48. The van der Waals surface area contributed by atoms with Crippen molar-refractivity contribution in [1.29, 1.82) is 0 Å². The van der Waals surface area contributed by atoms with Gasteiger partial charge in [-0.1, -0.05) is 38.1 Å². The number of benzene rings is 2. The third kappa shape index (κ3) is 3.93. The van der Waals surface area contributed by atoms with E-state index in [2.05, 4.69) is 5.32 Å². The first kappa shape index (κ1) is 20.0. The van der Waals surface area contributed by atoms with Crippen molar-refractivity contribution in [2.75, 3.05) is 25.3 Å². The molecule has 0 aliphatic carbocycles. The molecule has 1 atom stereocenters. The summed E-state index contributed by atoms with van der Waals surface area (Å²) >= 11 is 1.45. The molecule has 1 unspecified atom stereocenters. The highest BCUT2D eigenvalue weighted by molar-refractivity contribution is 8.00. The number of thioether (sulfide) groups is 1. The van der Waals surface area contributed by atoms with Crippen LogP contribution in [-0.4, -0.2) is 50.0 Å². The first-order valence-corrected chi connectivity index (χ1v) is 11.4. The van der Waals surface area contributed by atoms with Crippen LogP contribution in [0.3, 0.4) is 0 Å². The van der Waals surface area contributed by atoms with Crippen LogP contribution in [-0.2, 0) is 14.8 Å². The van der Waals surface area contributed by atoms with Gasteiger partial charge in [-0.3, -0.25) is 4.79 Å². The molecule has 0 radical (unpaired) electrons. The van der Waals surface area contributed by atoms with Gasteiger partial charge in [0, 0.05) is 23.1 Å². The smallest absolute Gasteiger partial charge is 0.245 e. The predicted octanol–water partition coefficient (Wildman–Crippen LogP) is 2.68. The minimum absolute atomic E-state index is 0.197. The van der Waals surface area contributed by atoms with Gasteiger partial charge < -0.3 is 10.1 Å². The summed E-state index contributed by atoms with van der Waals surface area (Å²) < 4.78 is 33.5. The molecule has 2 aromatic carbocycles. The molecule has 0 saturated carbocycles. The summed E-state index contributed by atoms with van der Waals surface area (Å²) in [5, 5.41) is 4.18. The van der Waals surface area contributed by atoms with E-state index in [0.717, 1.165) is 5.39 Å². The summed E-state index contributed by atoms with van der Waals surface area (Å²) in [5.74, 6) is 1.40. The van der Waals surface area contributed by atoms with Crippen LogP contribution in [0.15, 0.2) is 41.3 Å². The van der Waals surface area contributed by atoms with Crippen molar-refractivity contribution in [1.82, 2.24) is 9.62 Å². The average Bonchev–Trinajstić information content (AvgIpc) is 3.16. The summed E-state index contributed by atoms with van der Waals surface area (Å²) in [6.07, 6.45) is 0. The molecule has 27 heavy (non-hydrogen) atoms. The number of hydrogen-bond donors (Lipinski definition) is 1. The molecule has 1 saturated heterocycles. The zero-order valence-corrected chi connectivity index (χ0v) is 17.3. The zero-order valence-electron chi connectivity index (χ0n) is 15.6. The molecule has 1 N–H and O–H groups in total. The lowest BCUT2D eigenvalue weighted by molar-refractivity contribution is -0.123. The lowest BCUT2D eigenvalue weighted by Gasteiger charge is -2.24. The van der Waals surface area contributed by atoms with Crippen LogP contribution in [0.4, 0.5) is 0 Å². The molecular weight excluding hydrogens is 384 g/mol. The summed E-state index contributed by atoms with van der Waals surface area (Å²) in [6.45, 7) is 4.53. The highest BCUT2D eigenvalue weighted by atomic mass is 32.2. The molecule has 146 valence electrons. The normalized spacial score (nSPS) is 18.1. The Labute approximate surface area is 164 Å². The second kappa shape index (κ2) is 8.08. The molecule has 3 rings (SSSR count). The highest BCUT2D eigenvalue weighted by Crippen LogP contribution is 2.35. The number of nitrogens with one attached hydrogen (secondary N) is 1. The number of fused-ring (bicyclic) bond motifs is 1. The molecule has 0 bridgehead atoms. The van der Waals surface area contributed by atoms with E-state index in [1.807, 2.05) is 26.0 Å². The van der Waals surface area contributed by atoms with Crippen molar-refractivity contribution in [3.63, 3.8) is 0 Å². The van der Waals surface area contributed by atoms with E-state index in [4.69, 9.17) is 4.74 Å². The fourth-order valence-electron chi connectivity index (χ4n) is 3.07. The number of carbonyl (C=O) groups excluding carboxylic acids is 1. The number of ether oxygens (including phenoxy) is 1. The summed E-state index contributed by atoms with van der Waals surface area (Å²) in [6, 6.07) is 9.76. The van der Waals surface area contributed by atoms with E-state index >= 15 is 0 Å². The average molecular weight is 409 g/mol. The number of sulfonamides is 1. The molecule has 1 aliphatic heterocycles. The number of nitrogens with zero attached hydrogens (tertiary/aromatic N) is 1. The maximum atomic E-state index is 13.4. The Balaban J connectivity index is 1.99. The SMILES string of the molecule is COc1ccc(S(=O)(=O)N2CSCC2C(=O)NCC(C)C)c2ccccc12. The van der Waals surface area contributed by atoms with Gasteiger partial charge in [0.05, 0.1) is 17.9 Å². The zero-order chi connectivity index (χ0) is 19.6. The minimum atomic E-state index is -3.83. The Hall–Kier alpha value is -1.77. The lowest BCUT2D eigenvalue weighted by atomic mass is 10.1. The van der Waals surface area contributed by atoms with Gasteiger partial charge in [-0.2, -0.15) is 4.31 Å². The second-order valence-corrected chi connectivity index (χ2v) is 9.72. The first-order chi connectivity index (χ1) is 12.9. The number of carbonyl (C=O) groups is 1. The van der Waals surface area contributed by atoms with Gasteiger partial charge in [0.2, 0.25) is 15.9 Å². The van der Waals surface area contributed by atoms with Crippen LogP contribution in [0.1, 0.15) is 13.8 Å². The molecule has 1 fully saturated rings. The summed E-state index contributed by atoms with van der Waals surface area (Å²) in [4.78, 5) is 12.7. The van der Waals surface area contributed by atoms with Crippen LogP contribution >= 0.6 is 11.8 Å². The number of amides is 1.